The lowest BCUT2D eigenvalue weighted by molar-refractivity contribution is 0.0783. The van der Waals surface area contributed by atoms with Crippen molar-refractivity contribution < 1.29 is 13.6 Å². The highest BCUT2D eigenvalue weighted by Gasteiger charge is 2.17. The predicted octanol–water partition coefficient (Wildman–Crippen LogP) is 2.91. The number of carbonyl (C=O) groups is 1. The summed E-state index contributed by atoms with van der Waals surface area (Å²) in [5.41, 5.74) is 1.47. The van der Waals surface area contributed by atoms with Crippen molar-refractivity contribution in [2.24, 2.45) is 0 Å². The maximum atomic E-state index is 12.0. The van der Waals surface area contributed by atoms with Gasteiger partial charge in [-0.2, -0.15) is 0 Å². The molecule has 0 aliphatic carbocycles. The number of carbonyl (C=O) groups excluding carboxylic acids is 1. The lowest BCUT2D eigenvalue weighted by Gasteiger charge is -2.15. The largest absolute Gasteiger partial charge is 0.472 e. The average Bonchev–Trinajstić information content (AvgIpc) is 2.88. The molecule has 2 heterocycles. The van der Waals surface area contributed by atoms with E-state index in [2.05, 4.69) is 15.9 Å². The van der Waals surface area contributed by atoms with Gasteiger partial charge in [-0.25, -0.2) is 0 Å². The predicted molar refractivity (Wildman–Crippen MR) is 60.9 cm³/mol. The number of hydrogen-bond acceptors (Lipinski definition) is 3. The minimum Gasteiger partial charge on any atom is -0.472 e. The lowest BCUT2D eigenvalue weighted by Crippen LogP contribution is -2.25. The molecule has 1 amide bonds. The maximum Gasteiger partial charge on any atom is 0.258 e. The molecule has 0 aromatic carbocycles. The second-order valence-electron chi connectivity index (χ2n) is 3.40. The van der Waals surface area contributed by atoms with Gasteiger partial charge in [-0.05, 0) is 28.1 Å². The van der Waals surface area contributed by atoms with Crippen LogP contribution in [-0.2, 0) is 6.54 Å². The molecular formula is C11H10BrNO3. The summed E-state index contributed by atoms with van der Waals surface area (Å²) >= 11 is 3.18. The Hall–Kier alpha value is -1.49. The van der Waals surface area contributed by atoms with Crippen LogP contribution in [0.2, 0.25) is 0 Å². The van der Waals surface area contributed by atoms with Gasteiger partial charge in [0, 0.05) is 19.2 Å². The molecule has 0 radical (unpaired) electrons. The van der Waals surface area contributed by atoms with Crippen LogP contribution in [0.3, 0.4) is 0 Å². The van der Waals surface area contributed by atoms with Gasteiger partial charge in [0.1, 0.15) is 0 Å². The van der Waals surface area contributed by atoms with Crippen LogP contribution in [0.15, 0.2) is 44.4 Å². The highest BCUT2D eigenvalue weighted by atomic mass is 79.9. The van der Waals surface area contributed by atoms with Gasteiger partial charge in [-0.1, -0.05) is 0 Å². The molecule has 5 heteroatoms. The van der Waals surface area contributed by atoms with E-state index in [9.17, 15) is 4.79 Å². The zero-order valence-electron chi connectivity index (χ0n) is 8.64. The third-order valence-electron chi connectivity index (χ3n) is 2.19. The minimum absolute atomic E-state index is 0.0955. The summed E-state index contributed by atoms with van der Waals surface area (Å²) in [7, 11) is 1.73. The van der Waals surface area contributed by atoms with Gasteiger partial charge in [-0.3, -0.25) is 4.79 Å². The first-order valence-electron chi connectivity index (χ1n) is 4.68. The third kappa shape index (κ3) is 2.19. The summed E-state index contributed by atoms with van der Waals surface area (Å²) in [6.07, 6.45) is 4.68. The van der Waals surface area contributed by atoms with Crippen LogP contribution in [0, 0.1) is 0 Å². The number of nitrogens with zero attached hydrogens (tertiary/aromatic N) is 1. The Labute approximate surface area is 101 Å². The number of rotatable bonds is 3. The van der Waals surface area contributed by atoms with E-state index >= 15 is 0 Å². The molecule has 4 nitrogen and oxygen atoms in total. The van der Waals surface area contributed by atoms with E-state index < -0.39 is 0 Å². The van der Waals surface area contributed by atoms with E-state index in [1.54, 1.807) is 30.5 Å². The summed E-state index contributed by atoms with van der Waals surface area (Å²) in [6.45, 7) is 0.507. The van der Waals surface area contributed by atoms with Gasteiger partial charge in [0.05, 0.1) is 24.4 Å². The van der Waals surface area contributed by atoms with E-state index in [0.29, 0.717) is 16.8 Å². The molecule has 0 atom stereocenters. The van der Waals surface area contributed by atoms with Crippen molar-refractivity contribution in [3.05, 3.63) is 46.7 Å². The van der Waals surface area contributed by atoms with E-state index in [1.165, 1.54) is 6.26 Å². The quantitative estimate of drug-likeness (QED) is 0.870. The van der Waals surface area contributed by atoms with E-state index in [1.807, 2.05) is 6.07 Å². The highest BCUT2D eigenvalue weighted by molar-refractivity contribution is 9.10. The molecule has 2 aromatic rings. The molecule has 0 N–H and O–H groups in total. The lowest BCUT2D eigenvalue weighted by atomic mass is 10.2. The van der Waals surface area contributed by atoms with Crippen molar-refractivity contribution in [3.8, 4) is 0 Å². The standard InChI is InChI=1S/C11H10BrNO3/c1-13(6-8-2-4-15-7-8)11(14)9-3-5-16-10(9)12/h2-5,7H,6H2,1H3. The molecule has 0 aliphatic heterocycles. The Bertz CT molecular complexity index is 475. The fraction of sp³-hybridized carbons (Fsp3) is 0.182. The zero-order chi connectivity index (χ0) is 11.5. The van der Waals surface area contributed by atoms with Crippen molar-refractivity contribution >= 4 is 21.8 Å². The Morgan fingerprint density at radius 2 is 2.25 bits per heavy atom. The number of furan rings is 2. The topological polar surface area (TPSA) is 46.6 Å². The summed E-state index contributed by atoms with van der Waals surface area (Å²) < 4.78 is 10.4. The third-order valence-corrected chi connectivity index (χ3v) is 2.81. The number of halogens is 1. The number of hydrogen-bond donors (Lipinski definition) is 0. The smallest absolute Gasteiger partial charge is 0.258 e. The van der Waals surface area contributed by atoms with E-state index in [0.717, 1.165) is 5.56 Å². The molecule has 0 bridgehead atoms. The first-order chi connectivity index (χ1) is 7.68. The second-order valence-corrected chi connectivity index (χ2v) is 4.12. The van der Waals surface area contributed by atoms with Crippen molar-refractivity contribution in [2.45, 2.75) is 6.54 Å². The Morgan fingerprint density at radius 3 is 2.81 bits per heavy atom. The first kappa shape index (κ1) is 11.0. The van der Waals surface area contributed by atoms with Crippen LogP contribution in [-0.4, -0.2) is 17.9 Å². The molecule has 0 unspecified atom stereocenters. The van der Waals surface area contributed by atoms with Gasteiger partial charge in [-0.15, -0.1) is 0 Å². The molecule has 0 spiro atoms. The van der Waals surface area contributed by atoms with Crippen molar-refractivity contribution in [2.75, 3.05) is 7.05 Å². The minimum atomic E-state index is -0.0955. The van der Waals surface area contributed by atoms with Gasteiger partial charge in [0.2, 0.25) is 0 Å². The highest BCUT2D eigenvalue weighted by Crippen LogP contribution is 2.19. The van der Waals surface area contributed by atoms with Crippen LogP contribution in [0.4, 0.5) is 0 Å². The Kier molecular flexibility index (Phi) is 3.14. The van der Waals surface area contributed by atoms with Crippen molar-refractivity contribution in [1.29, 1.82) is 0 Å². The van der Waals surface area contributed by atoms with Crippen LogP contribution in [0.1, 0.15) is 15.9 Å². The van der Waals surface area contributed by atoms with Gasteiger partial charge in [0.15, 0.2) is 4.67 Å². The maximum absolute atomic E-state index is 12.0. The summed E-state index contributed by atoms with van der Waals surface area (Å²) in [5, 5.41) is 0. The molecular weight excluding hydrogens is 274 g/mol. The fourth-order valence-electron chi connectivity index (χ4n) is 1.38. The van der Waals surface area contributed by atoms with E-state index in [4.69, 9.17) is 8.83 Å². The molecule has 84 valence electrons. The van der Waals surface area contributed by atoms with Crippen LogP contribution in [0.25, 0.3) is 0 Å². The van der Waals surface area contributed by atoms with Gasteiger partial charge < -0.3 is 13.7 Å². The monoisotopic (exact) mass is 283 g/mol. The fourth-order valence-corrected chi connectivity index (χ4v) is 1.79. The summed E-state index contributed by atoms with van der Waals surface area (Å²) in [6, 6.07) is 3.46. The molecule has 0 saturated heterocycles. The summed E-state index contributed by atoms with van der Waals surface area (Å²) in [4.78, 5) is 13.6. The SMILES string of the molecule is CN(Cc1ccoc1)C(=O)c1ccoc1Br. The summed E-state index contributed by atoms with van der Waals surface area (Å²) in [5.74, 6) is -0.0955. The van der Waals surface area contributed by atoms with Crippen LogP contribution >= 0.6 is 15.9 Å². The molecule has 2 aromatic heterocycles. The van der Waals surface area contributed by atoms with Crippen molar-refractivity contribution in [3.63, 3.8) is 0 Å². The Morgan fingerprint density at radius 1 is 1.44 bits per heavy atom. The molecule has 0 aliphatic rings. The van der Waals surface area contributed by atoms with Crippen LogP contribution in [0.5, 0.6) is 0 Å². The van der Waals surface area contributed by atoms with E-state index in [-0.39, 0.29) is 5.91 Å². The normalized spacial score (nSPS) is 10.4. The molecule has 2 rings (SSSR count). The molecule has 0 fully saturated rings. The van der Waals surface area contributed by atoms with Crippen LogP contribution < -0.4 is 0 Å². The van der Waals surface area contributed by atoms with Gasteiger partial charge >= 0.3 is 0 Å². The number of amides is 1. The van der Waals surface area contributed by atoms with Gasteiger partial charge in [0.25, 0.3) is 5.91 Å². The zero-order valence-corrected chi connectivity index (χ0v) is 10.2. The van der Waals surface area contributed by atoms with Crippen molar-refractivity contribution in [1.82, 2.24) is 4.90 Å². The Balaban J connectivity index is 2.08. The first-order valence-corrected chi connectivity index (χ1v) is 5.47. The average molecular weight is 284 g/mol. The molecule has 0 saturated carbocycles. The second kappa shape index (κ2) is 4.57. The molecule has 16 heavy (non-hydrogen) atoms.